The van der Waals surface area contributed by atoms with Gasteiger partial charge in [-0.2, -0.15) is 0 Å². The first kappa shape index (κ1) is 13.5. The molecule has 1 unspecified atom stereocenters. The van der Waals surface area contributed by atoms with Crippen molar-refractivity contribution in [3.63, 3.8) is 0 Å². The third-order valence-corrected chi connectivity index (χ3v) is 3.84. The normalized spacial score (nSPS) is 26.8. The molecular formula is C12H24BrNO. The molecule has 0 radical (unpaired) electrons. The zero-order valence-corrected chi connectivity index (χ0v) is 11.4. The van der Waals surface area contributed by atoms with Gasteiger partial charge >= 0.3 is 0 Å². The van der Waals surface area contributed by atoms with Crippen molar-refractivity contribution in [1.82, 2.24) is 5.32 Å². The Kier molecular flexibility index (Phi) is 6.86. The van der Waals surface area contributed by atoms with Crippen molar-refractivity contribution in [2.45, 2.75) is 56.4 Å². The second-order valence-corrected chi connectivity index (χ2v) is 5.87. The summed E-state index contributed by atoms with van der Waals surface area (Å²) in [4.78, 5) is 0. The number of morpholine rings is 1. The Hall–Kier alpha value is 0.400. The third kappa shape index (κ3) is 5.88. The second kappa shape index (κ2) is 7.64. The van der Waals surface area contributed by atoms with E-state index >= 15 is 0 Å². The van der Waals surface area contributed by atoms with Gasteiger partial charge < -0.3 is 10.1 Å². The number of rotatable bonds is 7. The molecule has 0 bridgehead atoms. The number of unbranched alkanes of at least 4 members (excludes halogenated alkanes) is 5. The number of hydrogen-bond acceptors (Lipinski definition) is 2. The van der Waals surface area contributed by atoms with E-state index < -0.39 is 0 Å². The van der Waals surface area contributed by atoms with Crippen LogP contribution in [-0.4, -0.2) is 24.2 Å². The zero-order valence-electron chi connectivity index (χ0n) is 9.86. The Morgan fingerprint density at radius 2 is 1.93 bits per heavy atom. The van der Waals surface area contributed by atoms with E-state index in [-0.39, 0.29) is 4.51 Å². The molecule has 0 saturated carbocycles. The molecule has 1 aliphatic rings. The lowest BCUT2D eigenvalue weighted by Gasteiger charge is -2.32. The molecule has 0 spiro atoms. The number of nitrogens with one attached hydrogen (secondary N) is 1. The van der Waals surface area contributed by atoms with E-state index in [4.69, 9.17) is 4.74 Å². The summed E-state index contributed by atoms with van der Waals surface area (Å²) in [6.07, 6.45) is 9.24. The van der Waals surface area contributed by atoms with E-state index in [0.29, 0.717) is 0 Å². The Bertz CT molecular complexity index is 158. The van der Waals surface area contributed by atoms with Crippen LogP contribution in [0.3, 0.4) is 0 Å². The highest BCUT2D eigenvalue weighted by molar-refractivity contribution is 9.10. The first-order chi connectivity index (χ1) is 7.27. The summed E-state index contributed by atoms with van der Waals surface area (Å²) in [6, 6.07) is 0. The van der Waals surface area contributed by atoms with Gasteiger partial charge in [0, 0.05) is 13.1 Å². The maximum absolute atomic E-state index is 5.75. The first-order valence-electron chi connectivity index (χ1n) is 6.30. The summed E-state index contributed by atoms with van der Waals surface area (Å²) < 4.78 is 5.67. The molecule has 1 fully saturated rings. The average Bonchev–Trinajstić information content (AvgIpc) is 2.24. The Labute approximate surface area is 102 Å². The maximum atomic E-state index is 5.75. The third-order valence-electron chi connectivity index (χ3n) is 2.93. The van der Waals surface area contributed by atoms with E-state index in [1.165, 1.54) is 38.5 Å². The Balaban J connectivity index is 1.98. The van der Waals surface area contributed by atoms with Crippen LogP contribution in [0.15, 0.2) is 0 Å². The van der Waals surface area contributed by atoms with E-state index in [1.807, 2.05) is 0 Å². The van der Waals surface area contributed by atoms with Gasteiger partial charge in [0.1, 0.15) is 4.51 Å². The lowest BCUT2D eigenvalue weighted by atomic mass is 10.1. The van der Waals surface area contributed by atoms with Crippen molar-refractivity contribution in [1.29, 1.82) is 0 Å². The van der Waals surface area contributed by atoms with Crippen molar-refractivity contribution in [3.05, 3.63) is 0 Å². The quantitative estimate of drug-likeness (QED) is 0.569. The van der Waals surface area contributed by atoms with Crippen molar-refractivity contribution in [2.75, 3.05) is 19.7 Å². The highest BCUT2D eigenvalue weighted by atomic mass is 79.9. The van der Waals surface area contributed by atoms with Crippen LogP contribution in [0.2, 0.25) is 0 Å². The SMILES string of the molecule is CCCCCCCCC1(Br)CNCCO1. The predicted molar refractivity (Wildman–Crippen MR) is 68.5 cm³/mol. The molecule has 1 rings (SSSR count). The molecule has 1 aliphatic heterocycles. The van der Waals surface area contributed by atoms with Gasteiger partial charge in [0.2, 0.25) is 0 Å². The summed E-state index contributed by atoms with van der Waals surface area (Å²) in [5, 5.41) is 3.36. The van der Waals surface area contributed by atoms with E-state index in [1.54, 1.807) is 0 Å². The molecule has 90 valence electrons. The van der Waals surface area contributed by atoms with Crippen LogP contribution < -0.4 is 5.32 Å². The van der Waals surface area contributed by atoms with Crippen molar-refractivity contribution < 1.29 is 4.74 Å². The highest BCUT2D eigenvalue weighted by Gasteiger charge is 2.28. The molecule has 0 aliphatic carbocycles. The predicted octanol–water partition coefficient (Wildman–Crippen LogP) is 3.45. The van der Waals surface area contributed by atoms with Crippen molar-refractivity contribution in [2.24, 2.45) is 0 Å². The molecule has 2 nitrogen and oxygen atoms in total. The standard InChI is InChI=1S/C12H24BrNO/c1-2-3-4-5-6-7-8-12(13)11-14-9-10-15-12/h14H,2-11H2,1H3. The van der Waals surface area contributed by atoms with Crippen molar-refractivity contribution >= 4 is 15.9 Å². The summed E-state index contributed by atoms with van der Waals surface area (Å²) in [5.74, 6) is 0. The smallest absolute Gasteiger partial charge is 0.135 e. The van der Waals surface area contributed by atoms with Crippen LogP contribution in [0.4, 0.5) is 0 Å². The number of alkyl halides is 1. The van der Waals surface area contributed by atoms with Crippen LogP contribution in [-0.2, 0) is 4.74 Å². The minimum atomic E-state index is -0.0734. The molecular weight excluding hydrogens is 254 g/mol. The molecule has 0 aromatic carbocycles. The molecule has 1 heterocycles. The largest absolute Gasteiger partial charge is 0.361 e. The summed E-state index contributed by atoms with van der Waals surface area (Å²) in [5.41, 5.74) is 0. The Morgan fingerprint density at radius 3 is 2.60 bits per heavy atom. The topological polar surface area (TPSA) is 21.3 Å². The van der Waals surface area contributed by atoms with E-state index in [0.717, 1.165) is 26.1 Å². The molecule has 3 heteroatoms. The van der Waals surface area contributed by atoms with Crippen molar-refractivity contribution in [3.8, 4) is 0 Å². The first-order valence-corrected chi connectivity index (χ1v) is 7.10. The van der Waals surface area contributed by atoms with Crippen LogP contribution in [0.25, 0.3) is 0 Å². The van der Waals surface area contributed by atoms with Gasteiger partial charge in [-0.1, -0.05) is 55.0 Å². The molecule has 0 aromatic heterocycles. The molecule has 0 amide bonds. The van der Waals surface area contributed by atoms with E-state index in [9.17, 15) is 0 Å². The Morgan fingerprint density at radius 1 is 1.20 bits per heavy atom. The van der Waals surface area contributed by atoms with Gasteiger partial charge in [-0.15, -0.1) is 0 Å². The maximum Gasteiger partial charge on any atom is 0.135 e. The van der Waals surface area contributed by atoms with Crippen LogP contribution in [0.5, 0.6) is 0 Å². The highest BCUT2D eigenvalue weighted by Crippen LogP contribution is 2.28. The van der Waals surface area contributed by atoms with Gasteiger partial charge in [0.15, 0.2) is 0 Å². The van der Waals surface area contributed by atoms with Crippen LogP contribution in [0.1, 0.15) is 51.9 Å². The number of ether oxygens (including phenoxy) is 1. The van der Waals surface area contributed by atoms with Gasteiger partial charge in [0.05, 0.1) is 6.61 Å². The number of hydrogen-bond donors (Lipinski definition) is 1. The fourth-order valence-corrected chi connectivity index (χ4v) is 2.60. The lowest BCUT2D eigenvalue weighted by molar-refractivity contribution is 0.000778. The summed E-state index contributed by atoms with van der Waals surface area (Å²) in [6.45, 7) is 5.03. The molecule has 0 aromatic rings. The molecule has 1 N–H and O–H groups in total. The summed E-state index contributed by atoms with van der Waals surface area (Å²) in [7, 11) is 0. The minimum Gasteiger partial charge on any atom is -0.361 e. The van der Waals surface area contributed by atoms with Gasteiger partial charge in [-0.05, 0) is 12.8 Å². The fraction of sp³-hybridized carbons (Fsp3) is 1.00. The van der Waals surface area contributed by atoms with Gasteiger partial charge in [-0.25, -0.2) is 0 Å². The number of halogens is 1. The van der Waals surface area contributed by atoms with Gasteiger partial charge in [0.25, 0.3) is 0 Å². The molecule has 1 atom stereocenters. The van der Waals surface area contributed by atoms with Gasteiger partial charge in [-0.3, -0.25) is 0 Å². The second-order valence-electron chi connectivity index (χ2n) is 4.43. The van der Waals surface area contributed by atoms with Crippen LogP contribution >= 0.6 is 15.9 Å². The average molecular weight is 278 g/mol. The molecule has 15 heavy (non-hydrogen) atoms. The van der Waals surface area contributed by atoms with E-state index in [2.05, 4.69) is 28.2 Å². The monoisotopic (exact) mass is 277 g/mol. The lowest BCUT2D eigenvalue weighted by Crippen LogP contribution is -2.45. The summed E-state index contributed by atoms with van der Waals surface area (Å²) >= 11 is 3.69. The molecule has 1 saturated heterocycles. The van der Waals surface area contributed by atoms with Crippen LogP contribution in [0, 0.1) is 0 Å². The zero-order chi connectivity index (χ0) is 11.0. The minimum absolute atomic E-state index is 0.0734. The fourth-order valence-electron chi connectivity index (χ4n) is 1.96.